The number of anilines is 3. The van der Waals surface area contributed by atoms with E-state index in [-0.39, 0.29) is 5.69 Å². The SMILES string of the molecule is CNc1nc(C)c(-c2ccnc(Nc3ccc(C)c([N+](=O)[O-])c3)n2)s1. The van der Waals surface area contributed by atoms with Crippen LogP contribution < -0.4 is 10.6 Å². The van der Waals surface area contributed by atoms with Gasteiger partial charge < -0.3 is 10.6 Å². The fraction of sp³-hybridized carbons (Fsp3) is 0.188. The smallest absolute Gasteiger partial charge is 0.274 e. The van der Waals surface area contributed by atoms with E-state index >= 15 is 0 Å². The summed E-state index contributed by atoms with van der Waals surface area (Å²) in [5, 5.41) is 17.9. The highest BCUT2D eigenvalue weighted by Crippen LogP contribution is 2.32. The maximum absolute atomic E-state index is 11.1. The number of hydrogen-bond acceptors (Lipinski definition) is 8. The van der Waals surface area contributed by atoms with Crippen LogP contribution in [0.15, 0.2) is 30.5 Å². The van der Waals surface area contributed by atoms with E-state index in [1.54, 1.807) is 25.3 Å². The van der Waals surface area contributed by atoms with E-state index in [0.717, 1.165) is 21.4 Å². The third kappa shape index (κ3) is 3.56. The van der Waals surface area contributed by atoms with Crippen molar-refractivity contribution in [1.82, 2.24) is 15.0 Å². The normalized spacial score (nSPS) is 10.5. The van der Waals surface area contributed by atoms with Gasteiger partial charge in [0.1, 0.15) is 0 Å². The van der Waals surface area contributed by atoms with E-state index in [1.165, 1.54) is 17.4 Å². The number of rotatable bonds is 5. The molecule has 25 heavy (non-hydrogen) atoms. The van der Waals surface area contributed by atoms with Gasteiger partial charge >= 0.3 is 0 Å². The van der Waals surface area contributed by atoms with Gasteiger partial charge in [-0.2, -0.15) is 0 Å². The predicted molar refractivity (Wildman–Crippen MR) is 98.5 cm³/mol. The topological polar surface area (TPSA) is 106 Å². The lowest BCUT2D eigenvalue weighted by atomic mass is 10.2. The van der Waals surface area contributed by atoms with E-state index in [4.69, 9.17) is 0 Å². The Balaban J connectivity index is 1.91. The molecule has 0 aliphatic heterocycles. The second kappa shape index (κ2) is 6.81. The molecule has 0 fully saturated rings. The van der Waals surface area contributed by atoms with Gasteiger partial charge in [0.25, 0.3) is 5.69 Å². The first-order valence-electron chi connectivity index (χ1n) is 7.48. The molecule has 2 N–H and O–H groups in total. The minimum Gasteiger partial charge on any atom is -0.365 e. The first-order valence-corrected chi connectivity index (χ1v) is 8.30. The van der Waals surface area contributed by atoms with E-state index in [9.17, 15) is 10.1 Å². The van der Waals surface area contributed by atoms with Crippen molar-refractivity contribution in [3.63, 3.8) is 0 Å². The number of nitrogens with zero attached hydrogens (tertiary/aromatic N) is 4. The highest BCUT2D eigenvalue weighted by Gasteiger charge is 2.13. The van der Waals surface area contributed by atoms with Gasteiger partial charge in [-0.3, -0.25) is 10.1 Å². The van der Waals surface area contributed by atoms with Crippen molar-refractivity contribution in [3.05, 3.63) is 51.8 Å². The molecule has 0 bridgehead atoms. The Morgan fingerprint density at radius 2 is 2.00 bits per heavy atom. The minimum absolute atomic E-state index is 0.0538. The zero-order valence-corrected chi connectivity index (χ0v) is 14.7. The van der Waals surface area contributed by atoms with Gasteiger partial charge in [-0.25, -0.2) is 15.0 Å². The van der Waals surface area contributed by atoms with E-state index in [2.05, 4.69) is 25.6 Å². The van der Waals surface area contributed by atoms with Crippen molar-refractivity contribution in [2.45, 2.75) is 13.8 Å². The van der Waals surface area contributed by atoms with Crippen LogP contribution in [0.2, 0.25) is 0 Å². The Morgan fingerprint density at radius 3 is 2.68 bits per heavy atom. The molecular formula is C16H16N6O2S. The number of nitro groups is 1. The second-order valence-electron chi connectivity index (χ2n) is 5.33. The van der Waals surface area contributed by atoms with Crippen molar-refractivity contribution < 1.29 is 4.92 Å². The molecule has 128 valence electrons. The molecular weight excluding hydrogens is 340 g/mol. The molecule has 0 saturated carbocycles. The predicted octanol–water partition coefficient (Wildman–Crippen LogP) is 3.91. The van der Waals surface area contributed by atoms with Gasteiger partial charge in [-0.15, -0.1) is 0 Å². The van der Waals surface area contributed by atoms with Crippen LogP contribution in [-0.4, -0.2) is 26.9 Å². The van der Waals surface area contributed by atoms with E-state index in [1.807, 2.05) is 20.0 Å². The van der Waals surface area contributed by atoms with Gasteiger partial charge in [-0.05, 0) is 26.0 Å². The Morgan fingerprint density at radius 1 is 1.20 bits per heavy atom. The summed E-state index contributed by atoms with van der Waals surface area (Å²) in [6.45, 7) is 3.62. The van der Waals surface area contributed by atoms with Gasteiger partial charge in [0.15, 0.2) is 5.13 Å². The lowest BCUT2D eigenvalue weighted by Crippen LogP contribution is -1.99. The lowest BCUT2D eigenvalue weighted by molar-refractivity contribution is -0.385. The number of aryl methyl sites for hydroxylation is 2. The summed E-state index contributed by atoms with van der Waals surface area (Å²) < 4.78 is 0. The Labute approximate surface area is 148 Å². The zero-order valence-electron chi connectivity index (χ0n) is 13.9. The number of hydrogen-bond donors (Lipinski definition) is 2. The third-order valence-electron chi connectivity index (χ3n) is 3.56. The second-order valence-corrected chi connectivity index (χ2v) is 6.33. The summed E-state index contributed by atoms with van der Waals surface area (Å²) in [6, 6.07) is 6.73. The standard InChI is InChI=1S/C16H16N6O2S/c1-9-4-5-11(8-13(9)22(23)24)20-15-18-7-6-12(21-15)14-10(2)19-16(17-3)25-14/h4-8H,1-3H3,(H,17,19)(H,18,20,21). The van der Waals surface area contributed by atoms with Crippen molar-refractivity contribution in [3.8, 4) is 10.6 Å². The van der Waals surface area contributed by atoms with Crippen molar-refractivity contribution in [2.75, 3.05) is 17.7 Å². The first kappa shape index (κ1) is 16.8. The van der Waals surface area contributed by atoms with Crippen LogP contribution in [0.3, 0.4) is 0 Å². The molecule has 0 aliphatic rings. The zero-order chi connectivity index (χ0) is 18.0. The first-order chi connectivity index (χ1) is 12.0. The van der Waals surface area contributed by atoms with Crippen LogP contribution >= 0.6 is 11.3 Å². The van der Waals surface area contributed by atoms with Crippen LogP contribution in [0.5, 0.6) is 0 Å². The Hall–Kier alpha value is -3.07. The van der Waals surface area contributed by atoms with Crippen LogP contribution in [0, 0.1) is 24.0 Å². The summed E-state index contributed by atoms with van der Waals surface area (Å²) >= 11 is 1.51. The Kier molecular flexibility index (Phi) is 4.57. The largest absolute Gasteiger partial charge is 0.365 e. The number of nitro benzene ring substituents is 1. The fourth-order valence-electron chi connectivity index (χ4n) is 2.30. The Bertz CT molecular complexity index is 940. The maximum atomic E-state index is 11.1. The molecule has 2 heterocycles. The highest BCUT2D eigenvalue weighted by molar-refractivity contribution is 7.19. The summed E-state index contributed by atoms with van der Waals surface area (Å²) in [6.07, 6.45) is 1.64. The van der Waals surface area contributed by atoms with Gasteiger partial charge in [-0.1, -0.05) is 17.4 Å². The van der Waals surface area contributed by atoms with Gasteiger partial charge in [0, 0.05) is 30.6 Å². The molecule has 2 aromatic heterocycles. The third-order valence-corrected chi connectivity index (χ3v) is 4.76. The quantitative estimate of drug-likeness (QED) is 0.527. The number of thiazole rings is 1. The lowest BCUT2D eigenvalue weighted by Gasteiger charge is -2.07. The number of aromatic nitrogens is 3. The molecule has 0 aliphatic carbocycles. The summed E-state index contributed by atoms with van der Waals surface area (Å²) in [7, 11) is 1.82. The molecule has 3 rings (SSSR count). The summed E-state index contributed by atoms with van der Waals surface area (Å²) in [5.41, 5.74) is 2.84. The van der Waals surface area contributed by atoms with E-state index < -0.39 is 4.92 Å². The number of nitrogens with one attached hydrogen (secondary N) is 2. The molecule has 0 atom stereocenters. The van der Waals surface area contributed by atoms with Crippen molar-refractivity contribution in [1.29, 1.82) is 0 Å². The van der Waals surface area contributed by atoms with Crippen LogP contribution in [-0.2, 0) is 0 Å². The molecule has 0 radical (unpaired) electrons. The average molecular weight is 356 g/mol. The van der Waals surface area contributed by atoms with Crippen LogP contribution in [0.4, 0.5) is 22.5 Å². The maximum Gasteiger partial charge on any atom is 0.274 e. The molecule has 8 nitrogen and oxygen atoms in total. The molecule has 0 spiro atoms. The number of benzene rings is 1. The molecule has 3 aromatic rings. The molecule has 9 heteroatoms. The van der Waals surface area contributed by atoms with Crippen LogP contribution in [0.1, 0.15) is 11.3 Å². The monoisotopic (exact) mass is 356 g/mol. The van der Waals surface area contributed by atoms with E-state index in [0.29, 0.717) is 17.2 Å². The van der Waals surface area contributed by atoms with Crippen molar-refractivity contribution in [2.24, 2.45) is 0 Å². The summed E-state index contributed by atoms with van der Waals surface area (Å²) in [4.78, 5) is 24.7. The minimum atomic E-state index is -0.405. The molecule has 0 unspecified atom stereocenters. The van der Waals surface area contributed by atoms with Crippen LogP contribution in [0.25, 0.3) is 10.6 Å². The highest BCUT2D eigenvalue weighted by atomic mass is 32.1. The summed E-state index contributed by atoms with van der Waals surface area (Å²) in [5.74, 6) is 0.370. The average Bonchev–Trinajstić information content (AvgIpc) is 2.97. The molecule has 0 saturated heterocycles. The molecule has 0 amide bonds. The fourth-order valence-corrected chi connectivity index (χ4v) is 3.19. The van der Waals surface area contributed by atoms with Gasteiger partial charge in [0.2, 0.25) is 5.95 Å². The molecule has 1 aromatic carbocycles. The van der Waals surface area contributed by atoms with Crippen molar-refractivity contribution >= 4 is 33.8 Å². The van der Waals surface area contributed by atoms with Gasteiger partial charge in [0.05, 0.1) is 21.2 Å².